The molecule has 20 heavy (non-hydrogen) atoms. The second-order valence-electron chi connectivity index (χ2n) is 3.80. The molecule has 0 unspecified atom stereocenters. The molecule has 0 saturated carbocycles. The Bertz CT molecular complexity index is 689. The summed E-state index contributed by atoms with van der Waals surface area (Å²) in [6.45, 7) is 0. The van der Waals surface area contributed by atoms with E-state index in [9.17, 15) is 9.90 Å². The van der Waals surface area contributed by atoms with Gasteiger partial charge in [0.1, 0.15) is 0 Å². The second kappa shape index (κ2) is 5.87. The van der Waals surface area contributed by atoms with Crippen molar-refractivity contribution in [1.29, 1.82) is 0 Å². The number of benzene rings is 1. The molecule has 0 radical (unpaired) electrons. The van der Waals surface area contributed by atoms with Crippen molar-refractivity contribution in [2.75, 3.05) is 7.11 Å². The summed E-state index contributed by atoms with van der Waals surface area (Å²) in [5.41, 5.74) is 0.522. The number of rotatable bonds is 3. The highest BCUT2D eigenvalue weighted by Crippen LogP contribution is 2.38. The van der Waals surface area contributed by atoms with Gasteiger partial charge < -0.3 is 9.84 Å². The molecule has 1 aromatic carbocycles. The van der Waals surface area contributed by atoms with Crippen LogP contribution in [0.1, 0.15) is 10.5 Å². The number of aromatic carboxylic acids is 1. The lowest BCUT2D eigenvalue weighted by Crippen LogP contribution is -2.05. The lowest BCUT2D eigenvalue weighted by atomic mass is 10.0. The van der Waals surface area contributed by atoms with E-state index in [1.54, 1.807) is 6.07 Å². The van der Waals surface area contributed by atoms with Gasteiger partial charge >= 0.3 is 5.97 Å². The van der Waals surface area contributed by atoms with E-state index in [4.69, 9.17) is 39.5 Å². The standard InChI is InChI=1S/C13H8Cl3NO3/c1-20-10-3-2-7(12(17-10)13(18)19)8-4-6(14)5-9(15)11(8)16/h2-5H,1H3,(H,18,19). The van der Waals surface area contributed by atoms with E-state index in [-0.39, 0.29) is 21.6 Å². The van der Waals surface area contributed by atoms with Crippen molar-refractivity contribution in [3.8, 4) is 17.0 Å². The molecule has 0 spiro atoms. The largest absolute Gasteiger partial charge is 0.481 e. The summed E-state index contributed by atoms with van der Waals surface area (Å²) in [6, 6.07) is 6.09. The number of aromatic nitrogens is 1. The average Bonchev–Trinajstić information content (AvgIpc) is 2.42. The summed E-state index contributed by atoms with van der Waals surface area (Å²) in [5.74, 6) is -1.01. The molecule has 0 bridgehead atoms. The van der Waals surface area contributed by atoms with Crippen molar-refractivity contribution < 1.29 is 14.6 Å². The number of carbonyl (C=O) groups is 1. The first kappa shape index (κ1) is 14.9. The minimum atomic E-state index is -1.20. The zero-order valence-electron chi connectivity index (χ0n) is 10.2. The molecule has 1 aromatic heterocycles. The molecule has 7 heteroatoms. The van der Waals surface area contributed by atoms with Crippen LogP contribution in [0.5, 0.6) is 5.88 Å². The van der Waals surface area contributed by atoms with Gasteiger partial charge in [-0.15, -0.1) is 0 Å². The molecule has 2 rings (SSSR count). The van der Waals surface area contributed by atoms with Crippen LogP contribution in [0.25, 0.3) is 11.1 Å². The summed E-state index contributed by atoms with van der Waals surface area (Å²) in [6.07, 6.45) is 0. The number of hydrogen-bond donors (Lipinski definition) is 1. The minimum absolute atomic E-state index is 0.190. The molecule has 0 amide bonds. The van der Waals surface area contributed by atoms with Gasteiger partial charge in [-0.1, -0.05) is 34.8 Å². The lowest BCUT2D eigenvalue weighted by molar-refractivity contribution is 0.0690. The summed E-state index contributed by atoms with van der Waals surface area (Å²) < 4.78 is 4.91. The first-order chi connectivity index (χ1) is 9.43. The van der Waals surface area contributed by atoms with E-state index in [2.05, 4.69) is 4.98 Å². The van der Waals surface area contributed by atoms with Crippen LogP contribution in [-0.2, 0) is 0 Å². The predicted octanol–water partition coefficient (Wildman–Crippen LogP) is 4.42. The van der Waals surface area contributed by atoms with Crippen LogP contribution in [-0.4, -0.2) is 23.2 Å². The van der Waals surface area contributed by atoms with Gasteiger partial charge in [-0.3, -0.25) is 0 Å². The Balaban J connectivity index is 2.72. The quantitative estimate of drug-likeness (QED) is 0.845. The maximum absolute atomic E-state index is 11.3. The van der Waals surface area contributed by atoms with Gasteiger partial charge in [-0.2, -0.15) is 0 Å². The number of carboxylic acids is 1. The van der Waals surface area contributed by atoms with Crippen molar-refractivity contribution in [2.45, 2.75) is 0 Å². The third-order valence-corrected chi connectivity index (χ3v) is 3.58. The first-order valence-electron chi connectivity index (χ1n) is 5.37. The van der Waals surface area contributed by atoms with Crippen LogP contribution in [0, 0.1) is 0 Å². The Labute approximate surface area is 129 Å². The molecule has 1 N–H and O–H groups in total. The molecular formula is C13H8Cl3NO3. The molecule has 104 valence electrons. The summed E-state index contributed by atoms with van der Waals surface area (Å²) in [7, 11) is 1.40. The maximum atomic E-state index is 11.3. The Morgan fingerprint density at radius 1 is 1.20 bits per heavy atom. The van der Waals surface area contributed by atoms with E-state index >= 15 is 0 Å². The Morgan fingerprint density at radius 2 is 1.90 bits per heavy atom. The van der Waals surface area contributed by atoms with Crippen LogP contribution in [0.3, 0.4) is 0 Å². The van der Waals surface area contributed by atoms with Crippen molar-refractivity contribution in [1.82, 2.24) is 4.98 Å². The van der Waals surface area contributed by atoms with E-state index in [0.717, 1.165) is 0 Å². The van der Waals surface area contributed by atoms with Crippen LogP contribution in [0.15, 0.2) is 24.3 Å². The van der Waals surface area contributed by atoms with Gasteiger partial charge in [0, 0.05) is 22.2 Å². The fourth-order valence-electron chi connectivity index (χ4n) is 1.69. The van der Waals surface area contributed by atoms with Crippen LogP contribution >= 0.6 is 34.8 Å². The van der Waals surface area contributed by atoms with Crippen molar-refractivity contribution in [3.05, 3.63) is 45.0 Å². The smallest absolute Gasteiger partial charge is 0.355 e. The SMILES string of the molecule is COc1ccc(-c2cc(Cl)cc(Cl)c2Cl)c(C(=O)O)n1. The zero-order valence-corrected chi connectivity index (χ0v) is 12.4. The van der Waals surface area contributed by atoms with Gasteiger partial charge in [-0.25, -0.2) is 9.78 Å². The van der Waals surface area contributed by atoms with E-state index < -0.39 is 5.97 Å². The summed E-state index contributed by atoms with van der Waals surface area (Å²) in [5, 5.41) is 10.0. The van der Waals surface area contributed by atoms with Crippen molar-refractivity contribution >= 4 is 40.8 Å². The van der Waals surface area contributed by atoms with Crippen LogP contribution < -0.4 is 4.74 Å². The first-order valence-corrected chi connectivity index (χ1v) is 6.50. The molecule has 0 saturated heterocycles. The number of methoxy groups -OCH3 is 1. The van der Waals surface area contributed by atoms with E-state index in [0.29, 0.717) is 16.1 Å². The Kier molecular flexibility index (Phi) is 4.38. The van der Waals surface area contributed by atoms with E-state index in [1.807, 2.05) is 0 Å². The molecule has 0 atom stereocenters. The molecular weight excluding hydrogens is 325 g/mol. The minimum Gasteiger partial charge on any atom is -0.481 e. The molecule has 0 aliphatic carbocycles. The predicted molar refractivity (Wildman–Crippen MR) is 78.2 cm³/mol. The fourth-order valence-corrected chi connectivity index (χ4v) is 2.39. The Hall–Kier alpha value is -1.49. The topological polar surface area (TPSA) is 59.4 Å². The maximum Gasteiger partial charge on any atom is 0.355 e. The van der Waals surface area contributed by atoms with Gasteiger partial charge in [0.25, 0.3) is 0 Å². The second-order valence-corrected chi connectivity index (χ2v) is 5.03. The molecule has 0 fully saturated rings. The number of carboxylic acid groups (broad SMARTS) is 1. The highest BCUT2D eigenvalue weighted by molar-refractivity contribution is 6.45. The number of hydrogen-bond acceptors (Lipinski definition) is 3. The zero-order chi connectivity index (χ0) is 14.9. The highest BCUT2D eigenvalue weighted by Gasteiger charge is 2.18. The number of pyridine rings is 1. The van der Waals surface area contributed by atoms with Gasteiger partial charge in [-0.05, 0) is 18.2 Å². The normalized spacial score (nSPS) is 10.4. The lowest BCUT2D eigenvalue weighted by Gasteiger charge is -2.10. The highest BCUT2D eigenvalue weighted by atomic mass is 35.5. The van der Waals surface area contributed by atoms with Crippen molar-refractivity contribution in [3.63, 3.8) is 0 Å². The molecule has 4 nitrogen and oxygen atoms in total. The number of nitrogens with zero attached hydrogens (tertiary/aromatic N) is 1. The van der Waals surface area contributed by atoms with Crippen molar-refractivity contribution in [2.24, 2.45) is 0 Å². The molecule has 0 aliphatic rings. The third-order valence-electron chi connectivity index (χ3n) is 2.56. The molecule has 0 aliphatic heterocycles. The van der Waals surface area contributed by atoms with Crippen LogP contribution in [0.4, 0.5) is 0 Å². The van der Waals surface area contributed by atoms with E-state index in [1.165, 1.54) is 25.3 Å². The average molecular weight is 333 g/mol. The number of ether oxygens (including phenoxy) is 1. The number of halogens is 3. The van der Waals surface area contributed by atoms with Crippen LogP contribution in [0.2, 0.25) is 15.1 Å². The summed E-state index contributed by atoms with van der Waals surface area (Å²) in [4.78, 5) is 15.2. The van der Waals surface area contributed by atoms with Gasteiger partial charge in [0.05, 0.1) is 17.2 Å². The fraction of sp³-hybridized carbons (Fsp3) is 0.0769. The van der Waals surface area contributed by atoms with Gasteiger partial charge in [0.15, 0.2) is 5.69 Å². The van der Waals surface area contributed by atoms with Gasteiger partial charge in [0.2, 0.25) is 5.88 Å². The monoisotopic (exact) mass is 331 g/mol. The third kappa shape index (κ3) is 2.82. The summed E-state index contributed by atoms with van der Waals surface area (Å²) >= 11 is 18.0. The Morgan fingerprint density at radius 3 is 2.50 bits per heavy atom. The molecule has 2 aromatic rings. The molecule has 1 heterocycles.